The Morgan fingerprint density at radius 1 is 0.864 bits per heavy atom. The smallest absolute Gasteiger partial charge is 0.176 e. The minimum Gasteiger partial charge on any atom is -0.307 e. The van der Waals surface area contributed by atoms with Crippen molar-refractivity contribution in [2.75, 3.05) is 6.54 Å². The monoisotopic (exact) mass is 293 g/mol. The minimum atomic E-state index is 0.185. The van der Waals surface area contributed by atoms with Crippen molar-refractivity contribution in [3.8, 4) is 11.1 Å². The van der Waals surface area contributed by atoms with Gasteiger partial charge in [-0.2, -0.15) is 0 Å². The Morgan fingerprint density at radius 2 is 1.50 bits per heavy atom. The van der Waals surface area contributed by atoms with Crippen LogP contribution in [0.4, 0.5) is 0 Å². The lowest BCUT2D eigenvalue weighted by atomic mass is 9.95. The third kappa shape index (κ3) is 3.83. The molecule has 0 unspecified atom stereocenters. The van der Waals surface area contributed by atoms with Crippen LogP contribution in [0.25, 0.3) is 11.1 Å². The molecular weight excluding hydrogens is 270 g/mol. The number of ketones is 1. The number of Topliss-reactive ketones (excluding diaryl/α,β-unsaturated/α-hetero) is 1. The molecule has 0 aromatic heterocycles. The first kappa shape index (κ1) is 15.0. The van der Waals surface area contributed by atoms with Crippen molar-refractivity contribution in [3.05, 3.63) is 60.2 Å². The van der Waals surface area contributed by atoms with Crippen LogP contribution in [0.15, 0.2) is 54.6 Å². The van der Waals surface area contributed by atoms with Crippen LogP contribution in [-0.4, -0.2) is 18.4 Å². The van der Waals surface area contributed by atoms with Gasteiger partial charge in [-0.05, 0) is 24.0 Å². The molecule has 0 amide bonds. The first-order valence-electron chi connectivity index (χ1n) is 8.25. The fraction of sp³-hybridized carbons (Fsp3) is 0.350. The first-order chi connectivity index (χ1) is 10.8. The Morgan fingerprint density at radius 3 is 2.18 bits per heavy atom. The molecule has 0 bridgehead atoms. The summed E-state index contributed by atoms with van der Waals surface area (Å²) in [6.07, 6.45) is 6.34. The van der Waals surface area contributed by atoms with Crippen LogP contribution >= 0.6 is 0 Å². The minimum absolute atomic E-state index is 0.185. The molecular formula is C20H23NO. The lowest BCUT2D eigenvalue weighted by Crippen LogP contribution is -2.35. The number of benzene rings is 2. The zero-order valence-electron chi connectivity index (χ0n) is 12.9. The average molecular weight is 293 g/mol. The van der Waals surface area contributed by atoms with Gasteiger partial charge in [-0.25, -0.2) is 0 Å². The number of hydrogen-bond donors (Lipinski definition) is 1. The molecule has 0 saturated heterocycles. The van der Waals surface area contributed by atoms with Gasteiger partial charge in [0.05, 0.1) is 6.54 Å². The van der Waals surface area contributed by atoms with E-state index in [4.69, 9.17) is 0 Å². The van der Waals surface area contributed by atoms with Crippen molar-refractivity contribution < 1.29 is 4.79 Å². The molecule has 1 aliphatic carbocycles. The van der Waals surface area contributed by atoms with E-state index < -0.39 is 0 Å². The van der Waals surface area contributed by atoms with E-state index >= 15 is 0 Å². The van der Waals surface area contributed by atoms with Gasteiger partial charge >= 0.3 is 0 Å². The van der Waals surface area contributed by atoms with Gasteiger partial charge in [0.15, 0.2) is 5.78 Å². The highest BCUT2D eigenvalue weighted by Crippen LogP contribution is 2.20. The SMILES string of the molecule is O=C(CNC1CCCCC1)c1ccc(-c2ccccc2)cc1. The fourth-order valence-corrected chi connectivity index (χ4v) is 3.12. The summed E-state index contributed by atoms with van der Waals surface area (Å²) in [5.74, 6) is 0.185. The van der Waals surface area contributed by atoms with Gasteiger partial charge in [-0.1, -0.05) is 73.9 Å². The molecule has 1 N–H and O–H groups in total. The molecule has 1 fully saturated rings. The first-order valence-corrected chi connectivity index (χ1v) is 8.25. The molecule has 0 spiro atoms. The van der Waals surface area contributed by atoms with E-state index in [1.165, 1.54) is 37.7 Å². The number of carbonyl (C=O) groups is 1. The molecule has 0 radical (unpaired) electrons. The van der Waals surface area contributed by atoms with E-state index in [2.05, 4.69) is 17.4 Å². The van der Waals surface area contributed by atoms with Gasteiger partial charge in [0.2, 0.25) is 0 Å². The van der Waals surface area contributed by atoms with E-state index in [1.54, 1.807) is 0 Å². The number of carbonyl (C=O) groups excluding carboxylic acids is 1. The summed E-state index contributed by atoms with van der Waals surface area (Å²) < 4.78 is 0. The van der Waals surface area contributed by atoms with Crippen LogP contribution in [0.1, 0.15) is 42.5 Å². The molecule has 22 heavy (non-hydrogen) atoms. The number of hydrogen-bond acceptors (Lipinski definition) is 2. The summed E-state index contributed by atoms with van der Waals surface area (Å²) in [5.41, 5.74) is 3.13. The predicted molar refractivity (Wildman–Crippen MR) is 91.1 cm³/mol. The molecule has 2 aromatic rings. The zero-order chi connectivity index (χ0) is 15.2. The van der Waals surface area contributed by atoms with Gasteiger partial charge in [-0.15, -0.1) is 0 Å². The van der Waals surface area contributed by atoms with Gasteiger partial charge in [0.25, 0.3) is 0 Å². The Labute approximate surface area is 132 Å². The second kappa shape index (κ2) is 7.37. The molecule has 2 aromatic carbocycles. The van der Waals surface area contributed by atoms with Crippen LogP contribution < -0.4 is 5.32 Å². The summed E-state index contributed by atoms with van der Waals surface area (Å²) in [7, 11) is 0. The quantitative estimate of drug-likeness (QED) is 0.825. The predicted octanol–water partition coefficient (Wildman–Crippen LogP) is 4.46. The third-order valence-corrected chi connectivity index (χ3v) is 4.47. The highest BCUT2D eigenvalue weighted by Gasteiger charge is 2.14. The largest absolute Gasteiger partial charge is 0.307 e. The molecule has 2 heteroatoms. The topological polar surface area (TPSA) is 29.1 Å². The van der Waals surface area contributed by atoms with E-state index in [1.807, 2.05) is 42.5 Å². The van der Waals surface area contributed by atoms with Crippen LogP contribution in [0.5, 0.6) is 0 Å². The Balaban J connectivity index is 1.59. The van der Waals surface area contributed by atoms with Crippen LogP contribution in [-0.2, 0) is 0 Å². The number of nitrogens with one attached hydrogen (secondary N) is 1. The van der Waals surface area contributed by atoms with Gasteiger partial charge in [0, 0.05) is 11.6 Å². The average Bonchev–Trinajstić information content (AvgIpc) is 2.61. The maximum Gasteiger partial charge on any atom is 0.176 e. The summed E-state index contributed by atoms with van der Waals surface area (Å²) >= 11 is 0. The molecule has 1 saturated carbocycles. The van der Waals surface area contributed by atoms with Crippen molar-refractivity contribution in [3.63, 3.8) is 0 Å². The van der Waals surface area contributed by atoms with Crippen LogP contribution in [0.3, 0.4) is 0 Å². The van der Waals surface area contributed by atoms with Crippen LogP contribution in [0, 0.1) is 0 Å². The van der Waals surface area contributed by atoms with Gasteiger partial charge in [-0.3, -0.25) is 4.79 Å². The molecule has 114 valence electrons. The maximum atomic E-state index is 12.3. The van der Waals surface area contributed by atoms with Gasteiger partial charge in [0.1, 0.15) is 0 Å². The molecule has 2 nitrogen and oxygen atoms in total. The Hall–Kier alpha value is -1.93. The second-order valence-electron chi connectivity index (χ2n) is 6.08. The normalized spacial score (nSPS) is 15.6. The molecule has 0 heterocycles. The van der Waals surface area contributed by atoms with E-state index in [-0.39, 0.29) is 5.78 Å². The van der Waals surface area contributed by atoms with Crippen molar-refractivity contribution in [2.45, 2.75) is 38.1 Å². The highest BCUT2D eigenvalue weighted by atomic mass is 16.1. The third-order valence-electron chi connectivity index (χ3n) is 4.47. The second-order valence-corrected chi connectivity index (χ2v) is 6.08. The van der Waals surface area contributed by atoms with Crippen LogP contribution in [0.2, 0.25) is 0 Å². The maximum absolute atomic E-state index is 12.3. The van der Waals surface area contributed by atoms with Gasteiger partial charge < -0.3 is 5.32 Å². The summed E-state index contributed by atoms with van der Waals surface area (Å²) in [5, 5.41) is 3.42. The lowest BCUT2D eigenvalue weighted by molar-refractivity contribution is 0.0985. The fourth-order valence-electron chi connectivity index (χ4n) is 3.12. The Kier molecular flexibility index (Phi) is 5.02. The summed E-state index contributed by atoms with van der Waals surface area (Å²) in [6.45, 7) is 0.454. The van der Waals surface area contributed by atoms with E-state index in [0.717, 1.165) is 11.1 Å². The van der Waals surface area contributed by atoms with Crippen molar-refractivity contribution in [2.24, 2.45) is 0 Å². The Bertz CT molecular complexity index is 597. The van der Waals surface area contributed by atoms with Crippen molar-refractivity contribution in [1.82, 2.24) is 5.32 Å². The molecule has 0 atom stereocenters. The highest BCUT2D eigenvalue weighted by molar-refractivity contribution is 5.98. The zero-order valence-corrected chi connectivity index (χ0v) is 12.9. The summed E-state index contributed by atoms with van der Waals surface area (Å²) in [4.78, 5) is 12.3. The standard InChI is InChI=1S/C20H23NO/c22-20(15-21-19-9-5-2-6-10-19)18-13-11-17(12-14-18)16-7-3-1-4-8-16/h1,3-4,7-8,11-14,19,21H,2,5-6,9-10,15H2. The van der Waals surface area contributed by atoms with E-state index in [9.17, 15) is 4.79 Å². The molecule has 3 rings (SSSR count). The van der Waals surface area contributed by atoms with Crippen molar-refractivity contribution in [1.29, 1.82) is 0 Å². The number of rotatable bonds is 5. The van der Waals surface area contributed by atoms with Crippen molar-refractivity contribution >= 4 is 5.78 Å². The lowest BCUT2D eigenvalue weighted by Gasteiger charge is -2.22. The molecule has 1 aliphatic rings. The van der Waals surface area contributed by atoms with E-state index in [0.29, 0.717) is 12.6 Å². The molecule has 0 aliphatic heterocycles. The summed E-state index contributed by atoms with van der Waals surface area (Å²) in [6, 6.07) is 18.7.